The minimum Gasteiger partial charge on any atom is -0.317 e. The quantitative estimate of drug-likeness (QED) is 0.644. The maximum Gasteiger partial charge on any atom is 0.0173 e. The Morgan fingerprint density at radius 1 is 1.15 bits per heavy atom. The van der Waals surface area contributed by atoms with Crippen LogP contribution in [-0.2, 0) is 0 Å². The Balaban J connectivity index is 2.15. The molecule has 2 fully saturated rings. The molecule has 2 bridgehead atoms. The van der Waals surface area contributed by atoms with E-state index in [4.69, 9.17) is 0 Å². The Labute approximate surface area is 81.5 Å². The summed E-state index contributed by atoms with van der Waals surface area (Å²) >= 11 is 0. The third-order valence-corrected chi connectivity index (χ3v) is 3.86. The molecule has 2 nitrogen and oxygen atoms in total. The summed E-state index contributed by atoms with van der Waals surface area (Å²) in [7, 11) is 2.10. The molecule has 0 saturated carbocycles. The Kier molecular flexibility index (Phi) is 2.16. The van der Waals surface area contributed by atoms with Crippen molar-refractivity contribution < 1.29 is 0 Å². The fourth-order valence-electron chi connectivity index (χ4n) is 3.39. The summed E-state index contributed by atoms with van der Waals surface area (Å²) in [5.41, 5.74) is 0.803. The third kappa shape index (κ3) is 1.75. The highest BCUT2D eigenvalue weighted by Crippen LogP contribution is 2.39. The first-order chi connectivity index (χ1) is 6.05. The third-order valence-electron chi connectivity index (χ3n) is 3.86. The summed E-state index contributed by atoms with van der Waals surface area (Å²) in [5, 5.41) is 7.27. The molecule has 2 rings (SSSR count). The predicted molar refractivity (Wildman–Crippen MR) is 55.9 cm³/mol. The van der Waals surface area contributed by atoms with Crippen LogP contribution in [0.15, 0.2) is 0 Å². The van der Waals surface area contributed by atoms with E-state index in [1.165, 1.54) is 32.1 Å². The first kappa shape index (κ1) is 9.47. The molecule has 0 amide bonds. The lowest BCUT2D eigenvalue weighted by Gasteiger charge is -2.53. The van der Waals surface area contributed by atoms with Crippen LogP contribution in [-0.4, -0.2) is 24.2 Å². The van der Waals surface area contributed by atoms with Crippen molar-refractivity contribution >= 4 is 0 Å². The molecule has 2 aliphatic heterocycles. The SMILES string of the molecule is CNC1CC2(C)CCCC(C)(C1)N2. The summed E-state index contributed by atoms with van der Waals surface area (Å²) in [4.78, 5) is 0. The molecule has 2 saturated heterocycles. The summed E-state index contributed by atoms with van der Waals surface area (Å²) in [6.07, 6.45) is 6.68. The van der Waals surface area contributed by atoms with Gasteiger partial charge in [0.15, 0.2) is 0 Å². The molecular weight excluding hydrogens is 160 g/mol. The number of rotatable bonds is 1. The van der Waals surface area contributed by atoms with Crippen molar-refractivity contribution in [1.82, 2.24) is 10.6 Å². The zero-order valence-electron chi connectivity index (χ0n) is 9.11. The van der Waals surface area contributed by atoms with Crippen LogP contribution in [0.1, 0.15) is 46.0 Å². The van der Waals surface area contributed by atoms with Gasteiger partial charge >= 0.3 is 0 Å². The molecule has 76 valence electrons. The summed E-state index contributed by atoms with van der Waals surface area (Å²) in [6.45, 7) is 4.77. The highest BCUT2D eigenvalue weighted by atomic mass is 15.1. The van der Waals surface area contributed by atoms with Crippen LogP contribution >= 0.6 is 0 Å². The largest absolute Gasteiger partial charge is 0.317 e. The average molecular weight is 182 g/mol. The number of nitrogens with one attached hydrogen (secondary N) is 2. The van der Waals surface area contributed by atoms with Gasteiger partial charge < -0.3 is 10.6 Å². The standard InChI is InChI=1S/C11H22N2/c1-10-5-4-6-11(2,13-10)8-9(7-10)12-3/h9,12-13H,4-8H2,1-3H3. The van der Waals surface area contributed by atoms with Crippen molar-refractivity contribution in [2.75, 3.05) is 7.05 Å². The Morgan fingerprint density at radius 2 is 1.69 bits per heavy atom. The van der Waals surface area contributed by atoms with Gasteiger partial charge in [0.1, 0.15) is 0 Å². The van der Waals surface area contributed by atoms with Crippen molar-refractivity contribution in [1.29, 1.82) is 0 Å². The van der Waals surface area contributed by atoms with E-state index in [2.05, 4.69) is 31.5 Å². The van der Waals surface area contributed by atoms with E-state index in [0.29, 0.717) is 11.1 Å². The first-order valence-corrected chi connectivity index (χ1v) is 5.52. The van der Waals surface area contributed by atoms with Crippen LogP contribution in [0.3, 0.4) is 0 Å². The van der Waals surface area contributed by atoms with Crippen molar-refractivity contribution in [3.05, 3.63) is 0 Å². The molecule has 2 heteroatoms. The van der Waals surface area contributed by atoms with Crippen LogP contribution in [0.2, 0.25) is 0 Å². The maximum atomic E-state index is 3.83. The van der Waals surface area contributed by atoms with E-state index in [0.717, 1.165) is 6.04 Å². The second-order valence-corrected chi connectivity index (χ2v) is 5.49. The van der Waals surface area contributed by atoms with Crippen LogP contribution < -0.4 is 10.6 Å². The van der Waals surface area contributed by atoms with Gasteiger partial charge in [-0.05, 0) is 53.0 Å². The predicted octanol–water partition coefficient (Wildman–Crippen LogP) is 1.66. The molecule has 0 aromatic heterocycles. The van der Waals surface area contributed by atoms with Crippen LogP contribution in [0.25, 0.3) is 0 Å². The van der Waals surface area contributed by atoms with Gasteiger partial charge in [0.05, 0.1) is 0 Å². The van der Waals surface area contributed by atoms with E-state index < -0.39 is 0 Å². The lowest BCUT2D eigenvalue weighted by molar-refractivity contribution is 0.0716. The van der Waals surface area contributed by atoms with Gasteiger partial charge in [-0.15, -0.1) is 0 Å². The monoisotopic (exact) mass is 182 g/mol. The van der Waals surface area contributed by atoms with Crippen molar-refractivity contribution in [2.24, 2.45) is 0 Å². The van der Waals surface area contributed by atoms with E-state index in [1.54, 1.807) is 0 Å². The molecule has 2 aliphatic rings. The lowest BCUT2D eigenvalue weighted by atomic mass is 9.69. The van der Waals surface area contributed by atoms with Crippen LogP contribution in [0, 0.1) is 0 Å². The molecule has 2 unspecified atom stereocenters. The van der Waals surface area contributed by atoms with Crippen molar-refractivity contribution in [3.8, 4) is 0 Å². The Morgan fingerprint density at radius 3 is 2.15 bits per heavy atom. The smallest absolute Gasteiger partial charge is 0.0173 e. The molecule has 0 aliphatic carbocycles. The minimum absolute atomic E-state index is 0.402. The Hall–Kier alpha value is -0.0800. The number of hydrogen-bond donors (Lipinski definition) is 2. The van der Waals surface area contributed by atoms with Crippen LogP contribution in [0.4, 0.5) is 0 Å². The van der Waals surface area contributed by atoms with Gasteiger partial charge in [0.2, 0.25) is 0 Å². The molecule has 13 heavy (non-hydrogen) atoms. The summed E-state index contributed by atoms with van der Waals surface area (Å²) in [6, 6.07) is 0.719. The van der Waals surface area contributed by atoms with Gasteiger partial charge in [-0.2, -0.15) is 0 Å². The fourth-order valence-corrected chi connectivity index (χ4v) is 3.39. The molecule has 0 aromatic carbocycles. The topological polar surface area (TPSA) is 24.1 Å². The highest BCUT2D eigenvalue weighted by Gasteiger charge is 2.44. The van der Waals surface area contributed by atoms with E-state index >= 15 is 0 Å². The zero-order valence-corrected chi connectivity index (χ0v) is 9.11. The molecule has 2 heterocycles. The van der Waals surface area contributed by atoms with E-state index in [1.807, 2.05) is 0 Å². The summed E-state index contributed by atoms with van der Waals surface area (Å²) in [5.74, 6) is 0. The molecular formula is C11H22N2. The number of hydrogen-bond acceptors (Lipinski definition) is 2. The number of piperidine rings is 2. The number of fused-ring (bicyclic) bond motifs is 2. The van der Waals surface area contributed by atoms with Gasteiger partial charge in [-0.1, -0.05) is 0 Å². The average Bonchev–Trinajstić information content (AvgIpc) is 2.00. The highest BCUT2D eigenvalue weighted by molar-refractivity contribution is 5.06. The fraction of sp³-hybridized carbons (Fsp3) is 1.00. The van der Waals surface area contributed by atoms with Gasteiger partial charge in [-0.3, -0.25) is 0 Å². The van der Waals surface area contributed by atoms with Gasteiger partial charge in [0.25, 0.3) is 0 Å². The van der Waals surface area contributed by atoms with Crippen molar-refractivity contribution in [2.45, 2.75) is 63.1 Å². The zero-order chi connectivity index (χ0) is 9.53. The molecule has 0 radical (unpaired) electrons. The second kappa shape index (κ2) is 2.96. The minimum atomic E-state index is 0.402. The van der Waals surface area contributed by atoms with Crippen molar-refractivity contribution in [3.63, 3.8) is 0 Å². The molecule has 0 aromatic rings. The van der Waals surface area contributed by atoms with Gasteiger partial charge in [-0.25, -0.2) is 0 Å². The molecule has 0 spiro atoms. The summed E-state index contributed by atoms with van der Waals surface area (Å²) < 4.78 is 0. The Bertz CT molecular complexity index is 186. The van der Waals surface area contributed by atoms with Crippen LogP contribution in [0.5, 0.6) is 0 Å². The lowest BCUT2D eigenvalue weighted by Crippen LogP contribution is -2.66. The van der Waals surface area contributed by atoms with E-state index in [-0.39, 0.29) is 0 Å². The van der Waals surface area contributed by atoms with Gasteiger partial charge in [0, 0.05) is 17.1 Å². The molecule has 2 atom stereocenters. The van der Waals surface area contributed by atoms with E-state index in [9.17, 15) is 0 Å². The second-order valence-electron chi connectivity index (χ2n) is 5.49. The normalized spacial score (nSPS) is 50.5. The first-order valence-electron chi connectivity index (χ1n) is 5.52. The molecule has 2 N–H and O–H groups in total. The maximum absolute atomic E-state index is 3.83.